The highest BCUT2D eigenvalue weighted by molar-refractivity contribution is 7.12. The lowest BCUT2D eigenvalue weighted by molar-refractivity contribution is 0.0293. The van der Waals surface area contributed by atoms with Gasteiger partial charge in [-0.05, 0) is 45.4 Å². The lowest BCUT2D eigenvalue weighted by Crippen LogP contribution is -2.41. The summed E-state index contributed by atoms with van der Waals surface area (Å²) in [4.78, 5) is 5.24. The molecule has 1 aliphatic heterocycles. The van der Waals surface area contributed by atoms with Crippen molar-refractivity contribution in [2.24, 2.45) is 5.73 Å². The Bertz CT molecular complexity index is 385. The first-order chi connectivity index (χ1) is 8.63. The maximum Gasteiger partial charge on any atom is 0.0481 e. The molecule has 0 amide bonds. The number of hydrogen-bond donors (Lipinski definition) is 1. The van der Waals surface area contributed by atoms with Gasteiger partial charge in [-0.3, -0.25) is 4.90 Å². The van der Waals surface area contributed by atoms with Gasteiger partial charge in [0.15, 0.2) is 0 Å². The van der Waals surface area contributed by atoms with Gasteiger partial charge in [0, 0.05) is 41.6 Å². The second kappa shape index (κ2) is 6.15. The minimum atomic E-state index is 0.345. The molecule has 102 valence electrons. The van der Waals surface area contributed by atoms with Gasteiger partial charge in [0.05, 0.1) is 0 Å². The zero-order valence-electron chi connectivity index (χ0n) is 11.6. The summed E-state index contributed by atoms with van der Waals surface area (Å²) in [6, 6.07) is 3.25. The molecular weight excluding hydrogens is 244 g/mol. The number of rotatable bonds is 4. The molecule has 4 heteroatoms. The van der Waals surface area contributed by atoms with Crippen molar-refractivity contribution in [2.45, 2.75) is 38.8 Å². The van der Waals surface area contributed by atoms with Gasteiger partial charge in [0.25, 0.3) is 0 Å². The zero-order chi connectivity index (χ0) is 13.1. The van der Waals surface area contributed by atoms with Crippen molar-refractivity contribution in [1.82, 2.24) is 4.90 Å². The largest absolute Gasteiger partial charge is 0.381 e. The third-order valence-corrected chi connectivity index (χ3v) is 4.90. The molecule has 1 atom stereocenters. The second-order valence-corrected chi connectivity index (χ2v) is 6.59. The molecule has 2 rings (SSSR count). The summed E-state index contributed by atoms with van der Waals surface area (Å²) in [6.45, 7) is 6.82. The number of likely N-dealkylation sites (N-methyl/N-ethyl adjacent to an activating group) is 1. The molecule has 1 aliphatic rings. The molecule has 1 unspecified atom stereocenters. The van der Waals surface area contributed by atoms with E-state index in [0.717, 1.165) is 26.1 Å². The van der Waals surface area contributed by atoms with Gasteiger partial charge in [-0.25, -0.2) is 0 Å². The fourth-order valence-electron chi connectivity index (χ4n) is 2.84. The molecule has 0 bridgehead atoms. The normalized spacial score (nSPS) is 19.4. The first kappa shape index (κ1) is 14.0. The minimum Gasteiger partial charge on any atom is -0.381 e. The number of aryl methyl sites for hydroxylation is 2. The highest BCUT2D eigenvalue weighted by Gasteiger charge is 2.26. The van der Waals surface area contributed by atoms with E-state index in [2.05, 4.69) is 31.9 Å². The van der Waals surface area contributed by atoms with Crippen molar-refractivity contribution in [3.05, 3.63) is 21.4 Å². The van der Waals surface area contributed by atoms with Crippen LogP contribution in [0.4, 0.5) is 0 Å². The third kappa shape index (κ3) is 2.94. The Morgan fingerprint density at radius 1 is 1.44 bits per heavy atom. The van der Waals surface area contributed by atoms with Crippen LogP contribution in [0.25, 0.3) is 0 Å². The van der Waals surface area contributed by atoms with Crippen molar-refractivity contribution in [2.75, 3.05) is 26.8 Å². The molecule has 0 saturated carbocycles. The van der Waals surface area contributed by atoms with Gasteiger partial charge in [-0.1, -0.05) is 0 Å². The Balaban J connectivity index is 2.14. The second-order valence-electron chi connectivity index (χ2n) is 5.13. The number of hydrogen-bond acceptors (Lipinski definition) is 4. The van der Waals surface area contributed by atoms with E-state index in [1.165, 1.54) is 15.3 Å². The van der Waals surface area contributed by atoms with E-state index >= 15 is 0 Å². The SMILES string of the molecule is Cc1cc(C(CN)N(C)C2CCOCC2)c(C)s1. The quantitative estimate of drug-likeness (QED) is 0.911. The maximum atomic E-state index is 6.02. The first-order valence-corrected chi connectivity index (χ1v) is 7.51. The molecule has 0 aromatic carbocycles. The van der Waals surface area contributed by atoms with E-state index in [9.17, 15) is 0 Å². The van der Waals surface area contributed by atoms with Crippen molar-refractivity contribution < 1.29 is 4.74 Å². The van der Waals surface area contributed by atoms with E-state index in [-0.39, 0.29) is 0 Å². The van der Waals surface area contributed by atoms with Gasteiger partial charge < -0.3 is 10.5 Å². The van der Waals surface area contributed by atoms with Crippen LogP contribution in [0.15, 0.2) is 6.07 Å². The molecule has 18 heavy (non-hydrogen) atoms. The van der Waals surface area contributed by atoms with Crippen LogP contribution in [0.2, 0.25) is 0 Å². The van der Waals surface area contributed by atoms with Crippen molar-refractivity contribution >= 4 is 11.3 Å². The summed E-state index contributed by atoms with van der Waals surface area (Å²) >= 11 is 1.87. The van der Waals surface area contributed by atoms with Crippen molar-refractivity contribution in [3.63, 3.8) is 0 Å². The minimum absolute atomic E-state index is 0.345. The zero-order valence-corrected chi connectivity index (χ0v) is 12.4. The summed E-state index contributed by atoms with van der Waals surface area (Å²) in [7, 11) is 2.21. The number of thiophene rings is 1. The molecule has 2 N–H and O–H groups in total. The van der Waals surface area contributed by atoms with Crippen LogP contribution in [-0.4, -0.2) is 37.7 Å². The summed E-state index contributed by atoms with van der Waals surface area (Å²) in [6.07, 6.45) is 2.24. The fraction of sp³-hybridized carbons (Fsp3) is 0.714. The van der Waals surface area contributed by atoms with E-state index in [0.29, 0.717) is 18.6 Å². The van der Waals surface area contributed by atoms with Crippen LogP contribution in [0, 0.1) is 13.8 Å². The average molecular weight is 268 g/mol. The Labute approximate surface area is 114 Å². The Morgan fingerprint density at radius 2 is 2.11 bits per heavy atom. The van der Waals surface area contributed by atoms with Gasteiger partial charge in [-0.15, -0.1) is 11.3 Å². The van der Waals surface area contributed by atoms with Crippen LogP contribution in [-0.2, 0) is 4.74 Å². The maximum absolute atomic E-state index is 6.02. The van der Waals surface area contributed by atoms with E-state index in [4.69, 9.17) is 10.5 Å². The summed E-state index contributed by atoms with van der Waals surface area (Å²) in [5.74, 6) is 0. The molecule has 1 saturated heterocycles. The molecule has 0 spiro atoms. The fourth-order valence-corrected chi connectivity index (χ4v) is 3.82. The smallest absolute Gasteiger partial charge is 0.0481 e. The summed E-state index contributed by atoms with van der Waals surface area (Å²) in [5, 5.41) is 0. The topological polar surface area (TPSA) is 38.5 Å². The van der Waals surface area contributed by atoms with Gasteiger partial charge in [0.1, 0.15) is 0 Å². The van der Waals surface area contributed by atoms with Crippen LogP contribution in [0.3, 0.4) is 0 Å². The molecule has 1 aromatic rings. The summed E-state index contributed by atoms with van der Waals surface area (Å²) < 4.78 is 5.44. The molecule has 3 nitrogen and oxygen atoms in total. The molecule has 2 heterocycles. The Hall–Kier alpha value is -0.420. The Morgan fingerprint density at radius 3 is 2.61 bits per heavy atom. The monoisotopic (exact) mass is 268 g/mol. The van der Waals surface area contributed by atoms with Gasteiger partial charge in [-0.2, -0.15) is 0 Å². The molecule has 1 fully saturated rings. The van der Waals surface area contributed by atoms with Crippen LogP contribution in [0.5, 0.6) is 0 Å². The van der Waals surface area contributed by atoms with Gasteiger partial charge in [0.2, 0.25) is 0 Å². The third-order valence-electron chi connectivity index (χ3n) is 3.92. The number of nitrogens with zero attached hydrogens (tertiary/aromatic N) is 1. The Kier molecular flexibility index (Phi) is 4.78. The average Bonchev–Trinajstić information content (AvgIpc) is 2.70. The molecular formula is C14H24N2OS. The number of ether oxygens (including phenoxy) is 1. The standard InChI is InChI=1S/C14H24N2OS/c1-10-8-13(11(2)18-10)14(9-15)16(3)12-4-6-17-7-5-12/h8,12,14H,4-7,9,15H2,1-3H3. The molecule has 0 radical (unpaired) electrons. The van der Waals surface area contributed by atoms with Crippen LogP contribution in [0.1, 0.15) is 34.2 Å². The predicted molar refractivity (Wildman–Crippen MR) is 77.2 cm³/mol. The van der Waals surface area contributed by atoms with E-state index < -0.39 is 0 Å². The van der Waals surface area contributed by atoms with Crippen molar-refractivity contribution in [3.8, 4) is 0 Å². The highest BCUT2D eigenvalue weighted by Crippen LogP contribution is 2.31. The van der Waals surface area contributed by atoms with Crippen LogP contribution < -0.4 is 5.73 Å². The lowest BCUT2D eigenvalue weighted by Gasteiger charge is -2.36. The molecule has 0 aliphatic carbocycles. The predicted octanol–water partition coefficient (Wildman–Crippen LogP) is 2.48. The van der Waals surface area contributed by atoms with Crippen molar-refractivity contribution in [1.29, 1.82) is 0 Å². The first-order valence-electron chi connectivity index (χ1n) is 6.70. The van der Waals surface area contributed by atoms with E-state index in [1.807, 2.05) is 11.3 Å². The summed E-state index contributed by atoms with van der Waals surface area (Å²) in [5.41, 5.74) is 7.43. The highest BCUT2D eigenvalue weighted by atomic mass is 32.1. The van der Waals surface area contributed by atoms with Crippen LogP contribution >= 0.6 is 11.3 Å². The number of nitrogens with two attached hydrogens (primary N) is 1. The lowest BCUT2D eigenvalue weighted by atomic mass is 10.0. The van der Waals surface area contributed by atoms with Gasteiger partial charge >= 0.3 is 0 Å². The molecule has 1 aromatic heterocycles. The van der Waals surface area contributed by atoms with E-state index in [1.54, 1.807) is 0 Å².